The third-order valence-corrected chi connectivity index (χ3v) is 4.55. The number of amides is 1. The van der Waals surface area contributed by atoms with Crippen molar-refractivity contribution in [2.75, 3.05) is 18.5 Å². The molecule has 108 valence electrons. The first-order valence-electron chi connectivity index (χ1n) is 6.95. The van der Waals surface area contributed by atoms with Crippen LogP contribution in [0, 0.1) is 11.2 Å². The molecule has 0 aliphatic carbocycles. The first-order chi connectivity index (χ1) is 9.55. The minimum atomic E-state index is -1.48. The lowest BCUT2D eigenvalue weighted by Crippen LogP contribution is -2.51. The Kier molecular flexibility index (Phi) is 3.06. The Labute approximate surface area is 117 Å². The fourth-order valence-corrected chi connectivity index (χ4v) is 2.76. The molecule has 0 saturated carbocycles. The first-order valence-corrected chi connectivity index (χ1v) is 6.95. The van der Waals surface area contributed by atoms with Crippen molar-refractivity contribution in [3.63, 3.8) is 0 Å². The number of anilines is 1. The lowest BCUT2D eigenvalue weighted by atomic mass is 9.83. The molecule has 1 fully saturated rings. The molecule has 1 N–H and O–H groups in total. The fourth-order valence-electron chi connectivity index (χ4n) is 2.76. The highest BCUT2D eigenvalue weighted by Gasteiger charge is 2.54. The number of ether oxygens (including phenoxy) is 2. The molecule has 1 spiro atoms. The largest absolute Gasteiger partial charge is 0.338 e. The topological polar surface area (TPSA) is 47.6 Å². The number of carbonyl (C=O) groups is 1. The molecule has 4 nitrogen and oxygen atoms in total. The van der Waals surface area contributed by atoms with Gasteiger partial charge in [0.05, 0.1) is 18.9 Å². The second-order valence-corrected chi connectivity index (χ2v) is 5.55. The van der Waals surface area contributed by atoms with Crippen LogP contribution in [-0.4, -0.2) is 19.1 Å². The van der Waals surface area contributed by atoms with Crippen molar-refractivity contribution in [2.45, 2.75) is 32.5 Å². The van der Waals surface area contributed by atoms with Crippen LogP contribution < -0.4 is 5.32 Å². The second kappa shape index (κ2) is 4.53. The summed E-state index contributed by atoms with van der Waals surface area (Å²) in [5.41, 5.74) is 0.918. The lowest BCUT2D eigenvalue weighted by Gasteiger charge is -2.42. The molecule has 2 aliphatic rings. The first kappa shape index (κ1) is 13.5. The SMILES string of the molecule is CCC1(CC)COC2(OC1)C(=O)Nc1ccc(F)cc12. The van der Waals surface area contributed by atoms with Crippen molar-refractivity contribution in [3.8, 4) is 0 Å². The molecule has 0 atom stereocenters. The van der Waals surface area contributed by atoms with E-state index in [0.717, 1.165) is 12.8 Å². The molecule has 2 aliphatic heterocycles. The number of fused-ring (bicyclic) bond motifs is 2. The monoisotopic (exact) mass is 279 g/mol. The molecular formula is C15H18FNO3. The maximum atomic E-state index is 13.5. The lowest BCUT2D eigenvalue weighted by molar-refractivity contribution is -0.292. The van der Waals surface area contributed by atoms with Crippen LogP contribution in [-0.2, 0) is 20.1 Å². The Morgan fingerprint density at radius 2 is 1.90 bits per heavy atom. The molecular weight excluding hydrogens is 261 g/mol. The van der Waals surface area contributed by atoms with Gasteiger partial charge in [0.25, 0.3) is 11.7 Å². The van der Waals surface area contributed by atoms with Gasteiger partial charge in [-0.25, -0.2) is 4.39 Å². The van der Waals surface area contributed by atoms with Crippen molar-refractivity contribution in [3.05, 3.63) is 29.6 Å². The van der Waals surface area contributed by atoms with Crippen LogP contribution in [0.25, 0.3) is 0 Å². The minimum Gasteiger partial charge on any atom is -0.338 e. The molecule has 1 amide bonds. The summed E-state index contributed by atoms with van der Waals surface area (Å²) in [5, 5.41) is 2.69. The average molecular weight is 279 g/mol. The van der Waals surface area contributed by atoms with Gasteiger partial charge in [-0.1, -0.05) is 13.8 Å². The van der Waals surface area contributed by atoms with Crippen molar-refractivity contribution >= 4 is 11.6 Å². The molecule has 0 bridgehead atoms. The number of benzene rings is 1. The summed E-state index contributed by atoms with van der Waals surface area (Å²) in [4.78, 5) is 12.2. The van der Waals surface area contributed by atoms with E-state index < -0.39 is 11.6 Å². The van der Waals surface area contributed by atoms with Crippen LogP contribution >= 0.6 is 0 Å². The standard InChI is InChI=1S/C15H18FNO3/c1-3-14(4-2)8-19-15(20-9-14)11-7-10(16)5-6-12(11)17-13(15)18/h5-7H,3-4,8-9H2,1-2H3,(H,17,18). The van der Waals surface area contributed by atoms with Gasteiger partial charge < -0.3 is 14.8 Å². The number of carbonyl (C=O) groups excluding carboxylic acids is 1. The van der Waals surface area contributed by atoms with E-state index in [1.54, 1.807) is 0 Å². The van der Waals surface area contributed by atoms with E-state index in [0.29, 0.717) is 24.5 Å². The van der Waals surface area contributed by atoms with Crippen molar-refractivity contribution in [1.29, 1.82) is 0 Å². The molecule has 5 heteroatoms. The summed E-state index contributed by atoms with van der Waals surface area (Å²) in [7, 11) is 0. The van der Waals surface area contributed by atoms with Gasteiger partial charge in [0.2, 0.25) is 0 Å². The molecule has 20 heavy (non-hydrogen) atoms. The molecule has 1 aromatic carbocycles. The summed E-state index contributed by atoms with van der Waals surface area (Å²) < 4.78 is 25.1. The molecule has 1 saturated heterocycles. The van der Waals surface area contributed by atoms with Crippen LogP contribution in [0.2, 0.25) is 0 Å². The third kappa shape index (κ3) is 1.77. The minimum absolute atomic E-state index is 0.0678. The van der Waals surface area contributed by atoms with Crippen molar-refractivity contribution in [2.24, 2.45) is 5.41 Å². The van der Waals surface area contributed by atoms with Gasteiger partial charge in [0.1, 0.15) is 5.82 Å². The summed E-state index contributed by atoms with van der Waals surface area (Å²) in [6, 6.07) is 4.15. The molecule has 2 heterocycles. The summed E-state index contributed by atoms with van der Waals surface area (Å²) in [6.07, 6.45) is 1.83. The van der Waals surface area contributed by atoms with Crippen LogP contribution in [0.3, 0.4) is 0 Å². The molecule has 3 rings (SSSR count). The Hall–Kier alpha value is -1.46. The van der Waals surface area contributed by atoms with Gasteiger partial charge in [-0.05, 0) is 31.0 Å². The number of nitrogens with one attached hydrogen (secondary N) is 1. The van der Waals surface area contributed by atoms with Gasteiger partial charge in [0.15, 0.2) is 0 Å². The summed E-state index contributed by atoms with van der Waals surface area (Å²) in [5.74, 6) is -2.26. The Bertz CT molecular complexity index is 544. The zero-order valence-electron chi connectivity index (χ0n) is 11.7. The van der Waals surface area contributed by atoms with Crippen LogP contribution in [0.4, 0.5) is 10.1 Å². The number of hydrogen-bond acceptors (Lipinski definition) is 3. The molecule has 0 aromatic heterocycles. The summed E-state index contributed by atoms with van der Waals surface area (Å²) >= 11 is 0. The number of hydrogen-bond donors (Lipinski definition) is 1. The zero-order valence-corrected chi connectivity index (χ0v) is 11.7. The Balaban J connectivity index is 1.96. The van der Waals surface area contributed by atoms with Crippen molar-refractivity contribution < 1.29 is 18.7 Å². The van der Waals surface area contributed by atoms with E-state index in [4.69, 9.17) is 9.47 Å². The smallest absolute Gasteiger partial charge is 0.289 e. The third-order valence-electron chi connectivity index (χ3n) is 4.55. The molecule has 0 radical (unpaired) electrons. The zero-order chi connectivity index (χ0) is 14.4. The van der Waals surface area contributed by atoms with Gasteiger partial charge in [0, 0.05) is 11.0 Å². The predicted molar refractivity (Wildman–Crippen MR) is 71.6 cm³/mol. The van der Waals surface area contributed by atoms with E-state index in [9.17, 15) is 9.18 Å². The summed E-state index contributed by atoms with van der Waals surface area (Å²) in [6.45, 7) is 5.03. The molecule has 1 aromatic rings. The van der Waals surface area contributed by atoms with E-state index >= 15 is 0 Å². The quantitative estimate of drug-likeness (QED) is 0.905. The van der Waals surface area contributed by atoms with E-state index in [2.05, 4.69) is 19.2 Å². The fraction of sp³-hybridized carbons (Fsp3) is 0.533. The van der Waals surface area contributed by atoms with E-state index in [-0.39, 0.29) is 11.3 Å². The average Bonchev–Trinajstić information content (AvgIpc) is 2.73. The maximum Gasteiger partial charge on any atom is 0.289 e. The van der Waals surface area contributed by atoms with Gasteiger partial charge in [-0.15, -0.1) is 0 Å². The van der Waals surface area contributed by atoms with Gasteiger partial charge >= 0.3 is 0 Å². The van der Waals surface area contributed by atoms with E-state index in [1.807, 2.05) is 0 Å². The van der Waals surface area contributed by atoms with Gasteiger partial charge in [-0.2, -0.15) is 0 Å². The highest BCUT2D eigenvalue weighted by atomic mass is 19.1. The normalized spacial score (nSPS) is 22.6. The molecule has 0 unspecified atom stereocenters. The van der Waals surface area contributed by atoms with Crippen LogP contribution in [0.15, 0.2) is 18.2 Å². The highest BCUT2D eigenvalue weighted by Crippen LogP contribution is 2.46. The number of halogens is 1. The maximum absolute atomic E-state index is 13.5. The Morgan fingerprint density at radius 1 is 1.25 bits per heavy atom. The Morgan fingerprint density at radius 3 is 2.50 bits per heavy atom. The number of rotatable bonds is 2. The predicted octanol–water partition coefficient (Wildman–Crippen LogP) is 2.78. The van der Waals surface area contributed by atoms with Crippen molar-refractivity contribution in [1.82, 2.24) is 0 Å². The van der Waals surface area contributed by atoms with Gasteiger partial charge in [-0.3, -0.25) is 4.79 Å². The van der Waals surface area contributed by atoms with E-state index in [1.165, 1.54) is 18.2 Å². The van der Waals surface area contributed by atoms with Crippen LogP contribution in [0.1, 0.15) is 32.3 Å². The van der Waals surface area contributed by atoms with Crippen LogP contribution in [0.5, 0.6) is 0 Å². The second-order valence-electron chi connectivity index (χ2n) is 5.55. The highest BCUT2D eigenvalue weighted by molar-refractivity contribution is 6.04.